The zero-order valence-electron chi connectivity index (χ0n) is 17.6. The van der Waals surface area contributed by atoms with Crippen LogP contribution in [0.5, 0.6) is 0 Å². The fourth-order valence-electron chi connectivity index (χ4n) is 3.39. The summed E-state index contributed by atoms with van der Waals surface area (Å²) >= 11 is 0. The fraction of sp³-hybridized carbons (Fsp3) is 0.889. The third kappa shape index (κ3) is 5.11. The van der Waals surface area contributed by atoms with Crippen LogP contribution in [-0.4, -0.2) is 49.2 Å². The molecule has 0 radical (unpaired) electrons. The second kappa shape index (κ2) is 8.15. The Morgan fingerprint density at radius 3 is 1.69 bits per heavy atom. The van der Waals surface area contributed by atoms with E-state index in [2.05, 4.69) is 53.8 Å². The van der Waals surface area contributed by atoms with E-state index in [0.717, 1.165) is 26.1 Å². The van der Waals surface area contributed by atoms with E-state index in [1.165, 1.54) is 0 Å². The molecule has 0 bridgehead atoms. The first-order valence-corrected chi connectivity index (χ1v) is 10.8. The van der Waals surface area contributed by atoms with Crippen LogP contribution < -0.4 is 5.32 Å². The van der Waals surface area contributed by atoms with Gasteiger partial charge in [-0.2, -0.15) is 0 Å². The number of likely N-dealkylation sites (N-methyl/N-ethyl adjacent to an activating group) is 1. The number of carbonyl (C=O) groups excluding carboxylic acids is 1. The van der Waals surface area contributed by atoms with Gasteiger partial charge in [-0.3, -0.25) is 4.79 Å². The van der Waals surface area contributed by atoms with E-state index < -0.39 is 33.5 Å². The average molecular weight is 393 g/mol. The Bertz CT molecular complexity index is 609. The van der Waals surface area contributed by atoms with E-state index in [4.69, 9.17) is 0 Å². The highest BCUT2D eigenvalue weighted by molar-refractivity contribution is 7.88. The van der Waals surface area contributed by atoms with Crippen molar-refractivity contribution in [2.75, 3.05) is 13.3 Å². The molecular weight excluding hydrogens is 356 g/mol. The van der Waals surface area contributed by atoms with E-state index in [0.29, 0.717) is 4.31 Å². The van der Waals surface area contributed by atoms with Crippen molar-refractivity contribution in [3.63, 3.8) is 0 Å². The van der Waals surface area contributed by atoms with Crippen molar-refractivity contribution >= 4 is 22.0 Å². The van der Waals surface area contributed by atoms with Crippen molar-refractivity contribution in [3.05, 3.63) is 0 Å². The Hall–Kier alpha value is -1.31. The second-order valence-electron chi connectivity index (χ2n) is 8.58. The van der Waals surface area contributed by atoms with Crippen LogP contribution in [-0.2, 0) is 14.8 Å². The highest BCUT2D eigenvalue weighted by Gasteiger charge is 2.51. The average Bonchev–Trinajstić information content (AvgIpc) is 2.50. The lowest BCUT2D eigenvalue weighted by Gasteiger charge is -2.55. The molecule has 2 N–H and O–H groups in total. The van der Waals surface area contributed by atoms with Crippen LogP contribution in [0.15, 0.2) is 0 Å². The van der Waals surface area contributed by atoms with Crippen LogP contribution in [0.3, 0.4) is 0 Å². The lowest BCUT2D eigenvalue weighted by atomic mass is 9.50. The molecule has 0 saturated heterocycles. The minimum atomic E-state index is -3.77. The molecule has 0 unspecified atom stereocenters. The first-order chi connectivity index (χ1) is 11.5. The van der Waals surface area contributed by atoms with Gasteiger partial charge >= 0.3 is 6.09 Å². The number of carboxylic acid groups (broad SMARTS) is 1. The molecule has 1 atom stereocenters. The largest absolute Gasteiger partial charge is 0.465 e. The van der Waals surface area contributed by atoms with Crippen molar-refractivity contribution in [1.29, 1.82) is 0 Å². The number of hydrogen-bond donors (Lipinski definition) is 2. The molecule has 0 heterocycles. The van der Waals surface area contributed by atoms with Gasteiger partial charge < -0.3 is 10.4 Å². The van der Waals surface area contributed by atoms with Crippen molar-refractivity contribution in [2.24, 2.45) is 16.2 Å². The molecule has 154 valence electrons. The zero-order valence-corrected chi connectivity index (χ0v) is 18.5. The summed E-state index contributed by atoms with van der Waals surface area (Å²) in [4.78, 5) is 24.0. The Labute approximate surface area is 158 Å². The summed E-state index contributed by atoms with van der Waals surface area (Å²) in [5.74, 6) is -0.764. The van der Waals surface area contributed by atoms with Crippen LogP contribution in [0, 0.1) is 16.2 Å². The maximum atomic E-state index is 12.8. The van der Waals surface area contributed by atoms with Crippen LogP contribution in [0.2, 0.25) is 0 Å². The van der Waals surface area contributed by atoms with Crippen molar-refractivity contribution in [1.82, 2.24) is 9.62 Å². The van der Waals surface area contributed by atoms with Crippen LogP contribution in [0.25, 0.3) is 0 Å². The SMILES string of the molecule is CCC(C)(C)C(C)(C[C@H](NC(=O)O)C(=O)N(C)S(C)(=O)=O)C(C)(C)CC. The van der Waals surface area contributed by atoms with Gasteiger partial charge in [-0.15, -0.1) is 0 Å². The molecule has 0 aromatic carbocycles. The topological polar surface area (TPSA) is 104 Å². The van der Waals surface area contributed by atoms with Gasteiger partial charge in [0.15, 0.2) is 0 Å². The van der Waals surface area contributed by atoms with Gasteiger partial charge in [0.25, 0.3) is 5.91 Å². The molecule has 0 aromatic rings. The molecular formula is C18H36N2O5S. The molecule has 0 saturated carbocycles. The molecule has 0 aliphatic rings. The number of amides is 2. The quantitative estimate of drug-likeness (QED) is 0.626. The summed E-state index contributed by atoms with van der Waals surface area (Å²) in [5, 5.41) is 11.4. The number of hydrogen-bond acceptors (Lipinski definition) is 4. The Balaban J connectivity index is 6.19. The van der Waals surface area contributed by atoms with Gasteiger partial charge in [-0.05, 0) is 22.7 Å². The Morgan fingerprint density at radius 1 is 1.04 bits per heavy atom. The van der Waals surface area contributed by atoms with Gasteiger partial charge in [0.05, 0.1) is 6.26 Å². The first kappa shape index (κ1) is 24.7. The van der Waals surface area contributed by atoms with Crippen molar-refractivity contribution in [2.45, 2.75) is 73.8 Å². The van der Waals surface area contributed by atoms with E-state index in [1.54, 1.807) is 0 Å². The van der Waals surface area contributed by atoms with Gasteiger partial charge in [-0.25, -0.2) is 17.5 Å². The third-order valence-corrected chi connectivity index (χ3v) is 7.95. The summed E-state index contributed by atoms with van der Waals surface area (Å²) in [7, 11) is -2.62. The third-order valence-electron chi connectivity index (χ3n) is 6.77. The normalized spacial score (nSPS) is 14.7. The Morgan fingerprint density at radius 2 is 1.42 bits per heavy atom. The smallest absolute Gasteiger partial charge is 0.405 e. The molecule has 2 amide bonds. The minimum absolute atomic E-state index is 0.200. The molecule has 0 fully saturated rings. The van der Waals surface area contributed by atoms with Crippen LogP contribution >= 0.6 is 0 Å². The standard InChI is InChI=1S/C18H36N2O5S/c1-10-16(3,4)18(7,17(5,6)11-2)12-13(19-15(22)23)14(21)20(8)26(9,24)25/h13,19H,10-12H2,1-9H3,(H,22,23)/t13-/m0/s1. The fourth-order valence-corrected chi connectivity index (χ4v) is 3.84. The van der Waals surface area contributed by atoms with E-state index in [9.17, 15) is 23.1 Å². The number of carbonyl (C=O) groups is 2. The number of rotatable bonds is 9. The minimum Gasteiger partial charge on any atom is -0.465 e. The molecule has 0 aliphatic heterocycles. The number of sulfonamides is 1. The predicted octanol–water partition coefficient (Wildman–Crippen LogP) is 3.31. The first-order valence-electron chi connectivity index (χ1n) is 8.94. The summed E-state index contributed by atoms with van der Waals surface area (Å²) in [5.41, 5.74) is -0.825. The predicted molar refractivity (Wildman–Crippen MR) is 103 cm³/mol. The van der Waals surface area contributed by atoms with Crippen molar-refractivity contribution in [3.8, 4) is 0 Å². The maximum absolute atomic E-state index is 12.8. The lowest BCUT2D eigenvalue weighted by molar-refractivity contribution is -0.131. The summed E-state index contributed by atoms with van der Waals surface area (Å²) in [6.45, 7) is 14.6. The molecule has 7 nitrogen and oxygen atoms in total. The van der Waals surface area contributed by atoms with Gasteiger partial charge in [0.2, 0.25) is 10.0 Å². The molecule has 26 heavy (non-hydrogen) atoms. The van der Waals surface area contributed by atoms with Gasteiger partial charge in [-0.1, -0.05) is 61.3 Å². The molecule has 0 spiro atoms. The maximum Gasteiger partial charge on any atom is 0.405 e. The highest BCUT2D eigenvalue weighted by atomic mass is 32.2. The monoisotopic (exact) mass is 392 g/mol. The van der Waals surface area contributed by atoms with Crippen LogP contribution in [0.4, 0.5) is 4.79 Å². The Kier molecular flexibility index (Phi) is 7.74. The van der Waals surface area contributed by atoms with Crippen LogP contribution in [0.1, 0.15) is 67.7 Å². The summed E-state index contributed by atoms with van der Waals surface area (Å²) in [6.07, 6.45) is 1.45. The highest BCUT2D eigenvalue weighted by Crippen LogP contribution is 2.57. The zero-order chi connectivity index (χ0) is 21.1. The van der Waals surface area contributed by atoms with E-state index >= 15 is 0 Å². The molecule has 0 aromatic heterocycles. The summed E-state index contributed by atoms with van der Waals surface area (Å²) in [6, 6.07) is -1.14. The number of nitrogens with one attached hydrogen (secondary N) is 1. The lowest BCUT2D eigenvalue weighted by Crippen LogP contribution is -2.55. The molecule has 0 rings (SSSR count). The number of nitrogens with zero attached hydrogens (tertiary/aromatic N) is 1. The van der Waals surface area contributed by atoms with Gasteiger partial charge in [0.1, 0.15) is 6.04 Å². The summed E-state index contributed by atoms with van der Waals surface area (Å²) < 4.78 is 24.1. The van der Waals surface area contributed by atoms with Crippen molar-refractivity contribution < 1.29 is 23.1 Å². The van der Waals surface area contributed by atoms with E-state index in [-0.39, 0.29) is 17.3 Å². The second-order valence-corrected chi connectivity index (χ2v) is 10.6. The molecule has 0 aliphatic carbocycles. The van der Waals surface area contributed by atoms with Gasteiger partial charge in [0, 0.05) is 7.05 Å². The van der Waals surface area contributed by atoms with E-state index in [1.807, 2.05) is 0 Å². The molecule has 8 heteroatoms.